The highest BCUT2D eigenvalue weighted by atomic mass is 32.1. The molecule has 0 unspecified atom stereocenters. The van der Waals surface area contributed by atoms with Crippen molar-refractivity contribution in [2.24, 2.45) is 0 Å². The maximum Gasteiger partial charge on any atom is 0.129 e. The normalized spacial score (nSPS) is 11.9. The minimum atomic E-state index is -1.73. The SMILES string of the molecule is C[Si](C)(C)C#Cc1sc(C#C[Si](C)(C)C)c2c1C#Cc1c(C#C[Si](C)(C)C)sc(C#C[Si](C)(C)C)c1C#Cc1c(C#C[Si](C)(C)C)sc(C#C[Si](C)(C)C)c1C#C2. The van der Waals surface area contributed by atoms with E-state index in [1.165, 1.54) is 0 Å². The van der Waals surface area contributed by atoms with Crippen molar-refractivity contribution in [2.45, 2.75) is 118 Å². The van der Waals surface area contributed by atoms with E-state index in [1.54, 1.807) is 34.0 Å². The van der Waals surface area contributed by atoms with E-state index in [-0.39, 0.29) is 0 Å². The molecule has 3 aromatic heterocycles. The van der Waals surface area contributed by atoms with Gasteiger partial charge in [-0.3, -0.25) is 0 Å². The van der Waals surface area contributed by atoms with Crippen LogP contribution >= 0.6 is 34.0 Å². The monoisotopic (exact) mass is 894 g/mol. The van der Waals surface area contributed by atoms with Gasteiger partial charge in [0.1, 0.15) is 48.4 Å². The molecule has 0 spiro atoms. The molecular formula is C48H54S3Si6. The largest absolute Gasteiger partial charge is 0.129 e. The molecule has 3 heterocycles. The minimum Gasteiger partial charge on any atom is -0.126 e. The van der Waals surface area contributed by atoms with Gasteiger partial charge in [-0.25, -0.2) is 0 Å². The Labute approximate surface area is 364 Å². The summed E-state index contributed by atoms with van der Waals surface area (Å²) >= 11 is 4.85. The van der Waals surface area contributed by atoms with Crippen molar-refractivity contribution >= 4 is 82.5 Å². The highest BCUT2D eigenvalue weighted by molar-refractivity contribution is 7.14. The summed E-state index contributed by atoms with van der Waals surface area (Å²) in [6, 6.07) is 0. The molecule has 0 aliphatic heterocycles. The molecule has 9 heteroatoms. The van der Waals surface area contributed by atoms with Crippen molar-refractivity contribution in [1.82, 2.24) is 0 Å². The topological polar surface area (TPSA) is 0 Å². The zero-order chi connectivity index (χ0) is 42.8. The summed E-state index contributed by atoms with van der Waals surface area (Å²) in [6.45, 7) is 40.8. The smallest absolute Gasteiger partial charge is 0.126 e. The summed E-state index contributed by atoms with van der Waals surface area (Å²) in [5, 5.41) is 0. The summed E-state index contributed by atoms with van der Waals surface area (Å²) < 4.78 is 0. The van der Waals surface area contributed by atoms with Gasteiger partial charge in [0, 0.05) is 0 Å². The van der Waals surface area contributed by atoms with Crippen molar-refractivity contribution < 1.29 is 0 Å². The van der Waals surface area contributed by atoms with Gasteiger partial charge < -0.3 is 0 Å². The Hall–Kier alpha value is -3.56. The molecule has 3 aromatic rings. The van der Waals surface area contributed by atoms with Crippen LogP contribution in [0.5, 0.6) is 0 Å². The van der Waals surface area contributed by atoms with Crippen molar-refractivity contribution in [3.8, 4) is 104 Å². The van der Waals surface area contributed by atoms with Crippen LogP contribution in [0.2, 0.25) is 118 Å². The van der Waals surface area contributed by atoms with Gasteiger partial charge >= 0.3 is 0 Å². The zero-order valence-electron chi connectivity index (χ0n) is 37.2. The van der Waals surface area contributed by atoms with Gasteiger partial charge in [-0.15, -0.1) is 67.3 Å². The summed E-state index contributed by atoms with van der Waals surface area (Å²) in [4.78, 5) is 5.46. The Morgan fingerprint density at radius 3 is 0.474 bits per heavy atom. The first kappa shape index (κ1) is 46.1. The third-order valence-corrected chi connectivity index (χ3v) is 15.3. The van der Waals surface area contributed by atoms with E-state index in [9.17, 15) is 0 Å². The Morgan fingerprint density at radius 1 is 0.246 bits per heavy atom. The number of rotatable bonds is 0. The first-order valence-electron chi connectivity index (χ1n) is 19.2. The van der Waals surface area contributed by atoms with E-state index >= 15 is 0 Å². The van der Waals surface area contributed by atoms with Gasteiger partial charge in [-0.05, 0) is 0 Å². The van der Waals surface area contributed by atoms with Gasteiger partial charge in [0.15, 0.2) is 0 Å². The van der Waals surface area contributed by atoms with Crippen molar-refractivity contribution in [3.63, 3.8) is 0 Å². The maximum absolute atomic E-state index is 3.63. The Morgan fingerprint density at radius 2 is 0.368 bits per heavy atom. The zero-order valence-corrected chi connectivity index (χ0v) is 45.7. The minimum absolute atomic E-state index is 0.827. The van der Waals surface area contributed by atoms with Gasteiger partial charge in [0.25, 0.3) is 0 Å². The molecule has 57 heavy (non-hydrogen) atoms. The average molecular weight is 896 g/mol. The van der Waals surface area contributed by atoms with E-state index in [1.807, 2.05) is 0 Å². The maximum atomic E-state index is 3.63. The van der Waals surface area contributed by atoms with Crippen LogP contribution < -0.4 is 0 Å². The first-order valence-corrected chi connectivity index (χ1v) is 42.7. The van der Waals surface area contributed by atoms with E-state index in [0.717, 1.165) is 62.6 Å². The van der Waals surface area contributed by atoms with Crippen LogP contribution in [-0.2, 0) is 0 Å². The van der Waals surface area contributed by atoms with Gasteiger partial charge in [0.05, 0.1) is 62.6 Å². The van der Waals surface area contributed by atoms with Crippen LogP contribution in [0, 0.1) is 104 Å². The second-order valence-electron chi connectivity index (χ2n) is 20.3. The van der Waals surface area contributed by atoms with Gasteiger partial charge in [-0.2, -0.15) is 0 Å². The fourth-order valence-electron chi connectivity index (χ4n) is 4.38. The lowest BCUT2D eigenvalue weighted by Gasteiger charge is -2.03. The quantitative estimate of drug-likeness (QED) is 0.122. The molecule has 1 aliphatic carbocycles. The molecule has 0 amide bonds. The van der Waals surface area contributed by atoms with Crippen molar-refractivity contribution in [1.29, 1.82) is 0 Å². The van der Waals surface area contributed by atoms with E-state index in [4.69, 9.17) is 0 Å². The highest BCUT2D eigenvalue weighted by Crippen LogP contribution is 2.33. The third-order valence-electron chi connectivity index (χ3n) is 6.97. The Balaban J connectivity index is 2.36. The number of hydrogen-bond donors (Lipinski definition) is 0. The lowest BCUT2D eigenvalue weighted by Crippen LogP contribution is -2.16. The second-order valence-corrected chi connectivity index (χ2v) is 51.8. The number of fused-ring (bicyclic) bond motifs is 3. The number of thiophene rings is 3. The number of hydrogen-bond acceptors (Lipinski definition) is 3. The molecule has 0 aromatic carbocycles. The van der Waals surface area contributed by atoms with Crippen molar-refractivity contribution in [2.75, 3.05) is 0 Å². The van der Waals surface area contributed by atoms with E-state index in [0.29, 0.717) is 0 Å². The summed E-state index contributed by atoms with van der Waals surface area (Å²) in [6.07, 6.45) is 0. The Bertz CT molecular complexity index is 2250. The van der Waals surface area contributed by atoms with Crippen LogP contribution in [0.25, 0.3) is 0 Å². The molecule has 0 saturated heterocycles. The molecular weight excluding hydrogens is 841 g/mol. The molecule has 0 radical (unpaired) electrons. The van der Waals surface area contributed by atoms with Gasteiger partial charge in [-0.1, -0.05) is 189 Å². The first-order chi connectivity index (χ1) is 26.0. The Kier molecular flexibility index (Phi) is 14.0. The molecule has 0 N–H and O–H groups in total. The van der Waals surface area contributed by atoms with Crippen LogP contribution in [0.1, 0.15) is 62.6 Å². The molecule has 4 rings (SSSR count). The third kappa shape index (κ3) is 14.6. The molecule has 0 atom stereocenters. The molecule has 288 valence electrons. The van der Waals surface area contributed by atoms with Crippen LogP contribution in [0.4, 0.5) is 0 Å². The molecule has 0 fully saturated rings. The van der Waals surface area contributed by atoms with Gasteiger partial charge in [0.2, 0.25) is 0 Å². The van der Waals surface area contributed by atoms with Crippen LogP contribution in [0.15, 0.2) is 0 Å². The van der Waals surface area contributed by atoms with E-state index < -0.39 is 48.4 Å². The van der Waals surface area contributed by atoms with Crippen LogP contribution in [-0.4, -0.2) is 48.4 Å². The lowest BCUT2D eigenvalue weighted by atomic mass is 10.0. The predicted octanol–water partition coefficient (Wildman–Crippen LogP) is 11.8. The van der Waals surface area contributed by atoms with Crippen molar-refractivity contribution in [3.05, 3.63) is 62.6 Å². The fraction of sp³-hybridized carbons (Fsp3) is 0.375. The van der Waals surface area contributed by atoms with E-state index in [2.05, 4.69) is 222 Å². The second kappa shape index (κ2) is 17.3. The average Bonchev–Trinajstić information content (AvgIpc) is 3.66. The molecule has 0 bridgehead atoms. The fourth-order valence-corrected chi connectivity index (χ4v) is 10.7. The summed E-state index contributed by atoms with van der Waals surface area (Å²) in [5.41, 5.74) is 26.6. The van der Waals surface area contributed by atoms with Crippen LogP contribution in [0.3, 0.4) is 0 Å². The summed E-state index contributed by atoms with van der Waals surface area (Å²) in [7, 11) is -10.4. The summed E-state index contributed by atoms with van der Waals surface area (Å²) in [5.74, 6) is 43.2. The highest BCUT2D eigenvalue weighted by Gasteiger charge is 2.22. The lowest BCUT2D eigenvalue weighted by molar-refractivity contribution is 1.62. The molecule has 0 nitrogen and oxygen atoms in total. The molecule has 1 aliphatic rings. The molecule has 0 saturated carbocycles. The standard InChI is InChI=1S/C48H54S3Si6/c1-52(2,3)31-25-43-37-19-20-39-41(47(29-35-56(13,14)15)50-45(39)27-33-54(7,8)9)23-24-42-40(22-21-38(37)44(49-43)26-32-53(4,5)6)46(28-34-55(10,11)12)51-48(42)30-36-57(16,17)18/h1-18H3. The predicted molar refractivity (Wildman–Crippen MR) is 272 cm³/mol.